The number of likely N-dealkylation sites (N-methyl/N-ethyl adjacent to an activating group) is 3. The monoisotopic (exact) mass is 384 g/mol. The molecule has 0 fully saturated rings. The van der Waals surface area contributed by atoms with Gasteiger partial charge in [-0.15, -0.1) is 0 Å². The first-order valence-electron chi connectivity index (χ1n) is 9.28. The molecule has 156 valence electrons. The Morgan fingerprint density at radius 2 is 1.41 bits per heavy atom. The van der Waals surface area contributed by atoms with Crippen molar-refractivity contribution in [1.29, 1.82) is 0 Å². The zero-order valence-corrected chi connectivity index (χ0v) is 18.1. The van der Waals surface area contributed by atoms with Gasteiger partial charge in [-0.05, 0) is 0 Å². The van der Waals surface area contributed by atoms with E-state index in [0.29, 0.717) is 26.2 Å². The van der Waals surface area contributed by atoms with Gasteiger partial charge >= 0.3 is 0 Å². The highest BCUT2D eigenvalue weighted by Crippen LogP contribution is 2.24. The molecule has 0 bridgehead atoms. The first-order valence-corrected chi connectivity index (χ1v) is 9.28. The van der Waals surface area contributed by atoms with Crippen LogP contribution in [0.2, 0.25) is 0 Å². The predicted octanol–water partition coefficient (Wildman–Crippen LogP) is 0.570. The van der Waals surface area contributed by atoms with E-state index in [0.717, 1.165) is 0 Å². The number of carbonyl (C=O) groups excluding carboxylic acids is 4. The van der Waals surface area contributed by atoms with E-state index < -0.39 is 5.41 Å². The van der Waals surface area contributed by atoms with Gasteiger partial charge in [-0.1, -0.05) is 27.7 Å². The Morgan fingerprint density at radius 1 is 0.889 bits per heavy atom. The van der Waals surface area contributed by atoms with E-state index in [2.05, 4.69) is 5.32 Å². The van der Waals surface area contributed by atoms with Crippen molar-refractivity contribution in [2.75, 3.05) is 47.3 Å². The Balaban J connectivity index is 4.59. The lowest BCUT2D eigenvalue weighted by Crippen LogP contribution is -2.45. The van der Waals surface area contributed by atoms with Gasteiger partial charge in [0, 0.05) is 66.6 Å². The van der Waals surface area contributed by atoms with E-state index in [1.807, 2.05) is 13.8 Å². The molecule has 0 atom stereocenters. The van der Waals surface area contributed by atoms with E-state index in [1.165, 1.54) is 11.8 Å². The van der Waals surface area contributed by atoms with Crippen LogP contribution >= 0.6 is 0 Å². The summed E-state index contributed by atoms with van der Waals surface area (Å²) in [5.74, 6) is -0.490. The van der Waals surface area contributed by atoms with Crippen LogP contribution in [0.4, 0.5) is 0 Å². The molecule has 0 saturated carbocycles. The Morgan fingerprint density at radius 3 is 1.89 bits per heavy atom. The molecule has 8 heteroatoms. The van der Waals surface area contributed by atoms with Gasteiger partial charge in [-0.3, -0.25) is 19.2 Å². The summed E-state index contributed by atoms with van der Waals surface area (Å²) in [5.41, 5.74) is -0.851. The number of carbonyl (C=O) groups is 4. The van der Waals surface area contributed by atoms with Gasteiger partial charge in [0.1, 0.15) is 0 Å². The van der Waals surface area contributed by atoms with Gasteiger partial charge in [0.25, 0.3) is 0 Å². The van der Waals surface area contributed by atoms with E-state index in [1.54, 1.807) is 44.8 Å². The zero-order chi connectivity index (χ0) is 21.4. The lowest BCUT2D eigenvalue weighted by atomic mass is 9.87. The standard InChI is InChI=1S/C19H36N4O4/c1-14(2)17(26)22(7)12-11-21(6)16(25)13-19(4,5)18(27)23(8)10-9-20-15(3)24/h14H,9-13H2,1-8H3,(H,20,24). The topological polar surface area (TPSA) is 90.0 Å². The molecular formula is C19H36N4O4. The average Bonchev–Trinajstić information content (AvgIpc) is 2.56. The molecule has 0 aliphatic rings. The van der Waals surface area contributed by atoms with Crippen molar-refractivity contribution in [3.63, 3.8) is 0 Å². The van der Waals surface area contributed by atoms with Gasteiger partial charge in [0.2, 0.25) is 23.6 Å². The molecule has 4 amide bonds. The molecule has 0 aromatic carbocycles. The molecule has 0 saturated heterocycles. The van der Waals surface area contributed by atoms with Crippen molar-refractivity contribution in [2.45, 2.75) is 41.0 Å². The number of hydrogen-bond donors (Lipinski definition) is 1. The first kappa shape index (κ1) is 24.9. The Bertz CT molecular complexity index is 546. The van der Waals surface area contributed by atoms with Crippen LogP contribution in [-0.4, -0.2) is 85.7 Å². The van der Waals surface area contributed by atoms with Crippen LogP contribution in [0, 0.1) is 11.3 Å². The highest BCUT2D eigenvalue weighted by molar-refractivity contribution is 5.88. The van der Waals surface area contributed by atoms with Crippen molar-refractivity contribution in [2.24, 2.45) is 11.3 Å². The number of amides is 4. The summed E-state index contributed by atoms with van der Waals surface area (Å²) >= 11 is 0. The molecule has 0 rings (SSSR count). The van der Waals surface area contributed by atoms with Crippen molar-refractivity contribution >= 4 is 23.6 Å². The van der Waals surface area contributed by atoms with Crippen LogP contribution in [0.3, 0.4) is 0 Å². The molecule has 0 radical (unpaired) electrons. The Kier molecular flexibility index (Phi) is 10.0. The highest BCUT2D eigenvalue weighted by Gasteiger charge is 2.33. The minimum Gasteiger partial charge on any atom is -0.355 e. The van der Waals surface area contributed by atoms with E-state index in [9.17, 15) is 19.2 Å². The smallest absolute Gasteiger partial charge is 0.228 e. The normalized spacial score (nSPS) is 11.1. The molecule has 0 aliphatic carbocycles. The molecule has 0 spiro atoms. The lowest BCUT2D eigenvalue weighted by Gasteiger charge is -2.31. The van der Waals surface area contributed by atoms with E-state index in [4.69, 9.17) is 0 Å². The van der Waals surface area contributed by atoms with E-state index in [-0.39, 0.29) is 36.0 Å². The Hall–Kier alpha value is -2.12. The zero-order valence-electron chi connectivity index (χ0n) is 18.1. The van der Waals surface area contributed by atoms with Crippen molar-refractivity contribution in [3.8, 4) is 0 Å². The summed E-state index contributed by atoms with van der Waals surface area (Å²) in [6.45, 7) is 10.2. The summed E-state index contributed by atoms with van der Waals surface area (Å²) in [4.78, 5) is 52.6. The molecule has 1 N–H and O–H groups in total. The minimum absolute atomic E-state index is 0.0344. The summed E-state index contributed by atoms with van der Waals surface area (Å²) < 4.78 is 0. The molecule has 0 aromatic rings. The second kappa shape index (κ2) is 10.9. The quantitative estimate of drug-likeness (QED) is 0.596. The van der Waals surface area contributed by atoms with Gasteiger partial charge in [-0.25, -0.2) is 0 Å². The Labute approximate surface area is 163 Å². The third-order valence-corrected chi connectivity index (χ3v) is 4.41. The van der Waals surface area contributed by atoms with Crippen molar-refractivity contribution in [3.05, 3.63) is 0 Å². The van der Waals surface area contributed by atoms with Gasteiger partial charge in [0.15, 0.2) is 0 Å². The third-order valence-electron chi connectivity index (χ3n) is 4.41. The first-order chi connectivity index (χ1) is 12.3. The predicted molar refractivity (Wildman–Crippen MR) is 105 cm³/mol. The molecular weight excluding hydrogens is 348 g/mol. The molecule has 8 nitrogen and oxygen atoms in total. The second-order valence-electron chi connectivity index (χ2n) is 8.00. The highest BCUT2D eigenvalue weighted by atomic mass is 16.2. The third kappa shape index (κ3) is 8.88. The maximum atomic E-state index is 12.6. The van der Waals surface area contributed by atoms with Gasteiger partial charge < -0.3 is 20.0 Å². The van der Waals surface area contributed by atoms with Gasteiger partial charge in [-0.2, -0.15) is 0 Å². The van der Waals surface area contributed by atoms with Crippen LogP contribution in [0.1, 0.15) is 41.0 Å². The number of nitrogens with one attached hydrogen (secondary N) is 1. The van der Waals surface area contributed by atoms with Crippen LogP contribution in [-0.2, 0) is 19.2 Å². The molecule has 27 heavy (non-hydrogen) atoms. The summed E-state index contributed by atoms with van der Waals surface area (Å²) in [7, 11) is 5.06. The van der Waals surface area contributed by atoms with Crippen LogP contribution in [0.25, 0.3) is 0 Å². The summed E-state index contributed by atoms with van der Waals surface area (Å²) in [6.07, 6.45) is 0.0780. The summed E-state index contributed by atoms with van der Waals surface area (Å²) in [6, 6.07) is 0. The maximum Gasteiger partial charge on any atom is 0.228 e. The molecule has 0 heterocycles. The number of rotatable bonds is 10. The van der Waals surface area contributed by atoms with Crippen molar-refractivity contribution < 1.29 is 19.2 Å². The lowest BCUT2D eigenvalue weighted by molar-refractivity contribution is -0.145. The second-order valence-corrected chi connectivity index (χ2v) is 8.00. The van der Waals surface area contributed by atoms with E-state index >= 15 is 0 Å². The minimum atomic E-state index is -0.851. The molecule has 0 unspecified atom stereocenters. The molecule has 0 aromatic heterocycles. The van der Waals surface area contributed by atoms with Crippen molar-refractivity contribution in [1.82, 2.24) is 20.0 Å². The van der Waals surface area contributed by atoms with Crippen LogP contribution in [0.15, 0.2) is 0 Å². The summed E-state index contributed by atoms with van der Waals surface area (Å²) in [5, 5.41) is 2.65. The average molecular weight is 385 g/mol. The fourth-order valence-corrected chi connectivity index (χ4v) is 2.58. The number of nitrogens with zero attached hydrogens (tertiary/aromatic N) is 3. The fourth-order valence-electron chi connectivity index (χ4n) is 2.58. The largest absolute Gasteiger partial charge is 0.355 e. The SMILES string of the molecule is CC(=O)NCCN(C)C(=O)C(C)(C)CC(=O)N(C)CCN(C)C(=O)C(C)C. The molecule has 0 aliphatic heterocycles. The van der Waals surface area contributed by atoms with Crippen LogP contribution < -0.4 is 5.32 Å². The number of hydrogen-bond acceptors (Lipinski definition) is 4. The van der Waals surface area contributed by atoms with Crippen LogP contribution in [0.5, 0.6) is 0 Å². The fraction of sp³-hybridized carbons (Fsp3) is 0.789. The maximum absolute atomic E-state index is 12.6. The van der Waals surface area contributed by atoms with Gasteiger partial charge in [0.05, 0.1) is 5.41 Å².